The van der Waals surface area contributed by atoms with E-state index < -0.39 is 23.7 Å². The van der Waals surface area contributed by atoms with Gasteiger partial charge < -0.3 is 4.74 Å². The molecule has 0 radical (unpaired) electrons. The van der Waals surface area contributed by atoms with Crippen LogP contribution in [0.25, 0.3) is 6.08 Å². The lowest BCUT2D eigenvalue weighted by molar-refractivity contribution is -0.122. The first-order chi connectivity index (χ1) is 16.2. The van der Waals surface area contributed by atoms with Crippen molar-refractivity contribution in [2.45, 2.75) is 6.61 Å². The number of nitrogens with one attached hydrogen (secondary N) is 1. The lowest BCUT2D eigenvalue weighted by Gasteiger charge is -2.26. The third-order valence-electron chi connectivity index (χ3n) is 4.88. The molecule has 4 amide bonds. The van der Waals surface area contributed by atoms with Gasteiger partial charge in [-0.3, -0.25) is 14.9 Å². The molecule has 172 valence electrons. The molecule has 1 fully saturated rings. The van der Waals surface area contributed by atoms with Gasteiger partial charge in [0.25, 0.3) is 11.8 Å². The van der Waals surface area contributed by atoms with Gasteiger partial charge in [-0.2, -0.15) is 0 Å². The van der Waals surface area contributed by atoms with E-state index >= 15 is 0 Å². The van der Waals surface area contributed by atoms with Crippen LogP contribution in [0.5, 0.6) is 5.75 Å². The van der Waals surface area contributed by atoms with Gasteiger partial charge in [-0.1, -0.05) is 57.3 Å². The first kappa shape index (κ1) is 23.9. The van der Waals surface area contributed by atoms with Crippen molar-refractivity contribution < 1.29 is 23.5 Å². The van der Waals surface area contributed by atoms with Crippen LogP contribution in [0.15, 0.2) is 70.7 Å². The molecule has 0 atom stereocenters. The maximum atomic E-state index is 14.0. The van der Waals surface area contributed by atoms with E-state index in [1.165, 1.54) is 30.3 Å². The Kier molecular flexibility index (Phi) is 7.02. The van der Waals surface area contributed by atoms with E-state index in [4.69, 9.17) is 27.9 Å². The summed E-state index contributed by atoms with van der Waals surface area (Å²) in [6.07, 6.45) is 1.30. The second-order valence-electron chi connectivity index (χ2n) is 7.12. The van der Waals surface area contributed by atoms with Crippen LogP contribution in [0.1, 0.15) is 11.1 Å². The maximum Gasteiger partial charge on any atom is 0.335 e. The van der Waals surface area contributed by atoms with Crippen molar-refractivity contribution in [3.63, 3.8) is 0 Å². The molecule has 10 heteroatoms. The second-order valence-corrected chi connectivity index (χ2v) is 8.85. The maximum absolute atomic E-state index is 14.0. The number of ether oxygens (including phenoxy) is 1. The van der Waals surface area contributed by atoms with Crippen molar-refractivity contribution in [3.8, 4) is 5.75 Å². The molecule has 34 heavy (non-hydrogen) atoms. The number of nitrogens with zero attached hydrogens (tertiary/aromatic N) is 1. The molecule has 6 nitrogen and oxygen atoms in total. The molecular weight excluding hydrogens is 550 g/mol. The minimum atomic E-state index is -0.921. The van der Waals surface area contributed by atoms with Gasteiger partial charge in [0.1, 0.15) is 23.7 Å². The van der Waals surface area contributed by atoms with Crippen molar-refractivity contribution in [3.05, 3.63) is 97.7 Å². The normalized spacial score (nSPS) is 15.0. The molecular formula is C24H14BrCl2FN2O4. The summed E-state index contributed by atoms with van der Waals surface area (Å²) < 4.78 is 20.4. The molecule has 4 rings (SSSR count). The fourth-order valence-corrected chi connectivity index (χ4v) is 3.88. The monoisotopic (exact) mass is 562 g/mol. The zero-order valence-corrected chi connectivity index (χ0v) is 20.2. The van der Waals surface area contributed by atoms with Crippen molar-refractivity contribution in [1.29, 1.82) is 0 Å². The third-order valence-corrected chi connectivity index (χ3v) is 6.11. The molecule has 1 saturated heterocycles. The number of imide groups is 2. The molecule has 0 bridgehead atoms. The van der Waals surface area contributed by atoms with Crippen LogP contribution in [0, 0.1) is 5.82 Å². The lowest BCUT2D eigenvalue weighted by Crippen LogP contribution is -2.54. The highest BCUT2D eigenvalue weighted by molar-refractivity contribution is 9.10. The summed E-state index contributed by atoms with van der Waals surface area (Å²) in [6, 6.07) is 14.4. The van der Waals surface area contributed by atoms with Crippen molar-refractivity contribution in [1.82, 2.24) is 5.32 Å². The summed E-state index contributed by atoms with van der Waals surface area (Å²) in [6.45, 7) is -0.0709. The number of rotatable bonds is 5. The standard InChI is InChI=1S/C24H14BrCl2FN2O4/c25-15-5-8-21(34-12-13-3-1-2-4-20(13)28)14(9-15)10-17-22(31)29-24(33)30(23(17)32)16-6-7-18(26)19(27)11-16/h1-11H,12H2,(H,29,31,33)/b17-10+. The number of barbiturate groups is 1. The van der Waals surface area contributed by atoms with E-state index in [-0.39, 0.29) is 27.9 Å². The van der Waals surface area contributed by atoms with Crippen molar-refractivity contribution in [2.24, 2.45) is 0 Å². The highest BCUT2D eigenvalue weighted by Gasteiger charge is 2.37. The predicted octanol–water partition coefficient (Wildman–Crippen LogP) is 6.14. The molecule has 3 aromatic rings. The van der Waals surface area contributed by atoms with Crippen LogP contribution in [-0.2, 0) is 16.2 Å². The van der Waals surface area contributed by atoms with E-state index in [2.05, 4.69) is 21.2 Å². The Labute approximate surface area is 212 Å². The molecule has 0 aromatic heterocycles. The van der Waals surface area contributed by atoms with Gasteiger partial charge in [0.2, 0.25) is 0 Å². The summed E-state index contributed by atoms with van der Waals surface area (Å²) in [4.78, 5) is 38.9. The van der Waals surface area contributed by atoms with E-state index in [1.54, 1.807) is 36.4 Å². The molecule has 0 saturated carbocycles. The number of carbonyl (C=O) groups is 3. The molecule has 1 N–H and O–H groups in total. The van der Waals surface area contributed by atoms with Gasteiger partial charge in [0.15, 0.2) is 0 Å². The lowest BCUT2D eigenvalue weighted by atomic mass is 10.1. The van der Waals surface area contributed by atoms with E-state index in [1.807, 2.05) is 0 Å². The number of amides is 4. The average molecular weight is 564 g/mol. The van der Waals surface area contributed by atoms with Gasteiger partial charge in [0, 0.05) is 15.6 Å². The van der Waals surface area contributed by atoms with E-state index in [0.29, 0.717) is 21.3 Å². The van der Waals surface area contributed by atoms with Crippen LogP contribution < -0.4 is 15.0 Å². The van der Waals surface area contributed by atoms with E-state index in [9.17, 15) is 18.8 Å². The molecule has 0 unspecified atom stereocenters. The summed E-state index contributed by atoms with van der Waals surface area (Å²) >= 11 is 15.3. The Morgan fingerprint density at radius 1 is 1.00 bits per heavy atom. The number of urea groups is 1. The SMILES string of the molecule is O=C1NC(=O)N(c2ccc(Cl)c(Cl)c2)C(=O)/C1=C/c1cc(Br)ccc1OCc1ccccc1F. The van der Waals surface area contributed by atoms with Gasteiger partial charge in [-0.25, -0.2) is 14.1 Å². The van der Waals surface area contributed by atoms with Gasteiger partial charge >= 0.3 is 6.03 Å². The number of halogens is 4. The average Bonchev–Trinajstić information content (AvgIpc) is 2.79. The zero-order valence-electron chi connectivity index (χ0n) is 17.2. The first-order valence-corrected chi connectivity index (χ1v) is 11.3. The van der Waals surface area contributed by atoms with Crippen molar-refractivity contribution in [2.75, 3.05) is 4.90 Å². The second kappa shape index (κ2) is 9.97. The summed E-state index contributed by atoms with van der Waals surface area (Å²) in [7, 11) is 0. The van der Waals surface area contributed by atoms with Gasteiger partial charge in [0.05, 0.1) is 15.7 Å². The molecule has 0 aliphatic carbocycles. The minimum Gasteiger partial charge on any atom is -0.488 e. The Morgan fingerprint density at radius 2 is 1.76 bits per heavy atom. The van der Waals surface area contributed by atoms with Crippen LogP contribution in [0.4, 0.5) is 14.9 Å². The van der Waals surface area contributed by atoms with Gasteiger partial charge in [-0.05, 0) is 48.5 Å². The predicted molar refractivity (Wildman–Crippen MR) is 130 cm³/mol. The largest absolute Gasteiger partial charge is 0.488 e. The number of hydrogen-bond acceptors (Lipinski definition) is 4. The molecule has 3 aromatic carbocycles. The highest BCUT2D eigenvalue weighted by Crippen LogP contribution is 2.31. The van der Waals surface area contributed by atoms with Crippen LogP contribution >= 0.6 is 39.1 Å². The van der Waals surface area contributed by atoms with E-state index in [0.717, 1.165) is 4.90 Å². The van der Waals surface area contributed by atoms with Crippen LogP contribution in [-0.4, -0.2) is 17.8 Å². The number of carbonyl (C=O) groups excluding carboxylic acids is 3. The van der Waals surface area contributed by atoms with Crippen LogP contribution in [0.2, 0.25) is 10.0 Å². The summed E-state index contributed by atoms with van der Waals surface area (Å²) in [5, 5.41) is 2.52. The minimum absolute atomic E-state index is 0.0709. The first-order valence-electron chi connectivity index (χ1n) is 9.77. The summed E-state index contributed by atoms with van der Waals surface area (Å²) in [5.74, 6) is -1.84. The number of anilines is 1. The molecule has 0 spiro atoms. The molecule has 1 aliphatic rings. The van der Waals surface area contributed by atoms with Crippen molar-refractivity contribution >= 4 is 68.7 Å². The van der Waals surface area contributed by atoms with Gasteiger partial charge in [-0.15, -0.1) is 0 Å². The van der Waals surface area contributed by atoms with Crippen LogP contribution in [0.3, 0.4) is 0 Å². The number of benzene rings is 3. The third kappa shape index (κ3) is 4.99. The quantitative estimate of drug-likeness (QED) is 0.299. The summed E-state index contributed by atoms with van der Waals surface area (Å²) in [5.41, 5.74) is 0.541. The molecule has 1 heterocycles. The Bertz CT molecular complexity index is 1360. The highest BCUT2D eigenvalue weighted by atomic mass is 79.9. The Morgan fingerprint density at radius 3 is 2.50 bits per heavy atom. The number of hydrogen-bond donors (Lipinski definition) is 1. The topological polar surface area (TPSA) is 75.7 Å². The molecule has 1 aliphatic heterocycles. The fraction of sp³-hybridized carbons (Fsp3) is 0.0417. The Balaban J connectivity index is 1.69. The Hall–Kier alpha value is -3.20. The zero-order chi connectivity index (χ0) is 24.4. The smallest absolute Gasteiger partial charge is 0.335 e. The fourth-order valence-electron chi connectivity index (χ4n) is 3.21.